The first-order valence-electron chi connectivity index (χ1n) is 5.73. The third-order valence-electron chi connectivity index (χ3n) is 2.07. The topological polar surface area (TPSA) is 134 Å². The zero-order valence-corrected chi connectivity index (χ0v) is 10.4. The van der Waals surface area contributed by atoms with Crippen molar-refractivity contribution in [3.8, 4) is 0 Å². The van der Waals surface area contributed by atoms with Gasteiger partial charge in [-0.05, 0) is 19.5 Å². The lowest BCUT2D eigenvalue weighted by Crippen LogP contribution is -2.48. The van der Waals surface area contributed by atoms with Gasteiger partial charge >= 0.3 is 12.0 Å². The van der Waals surface area contributed by atoms with Crippen molar-refractivity contribution >= 4 is 17.9 Å². The van der Waals surface area contributed by atoms with E-state index in [4.69, 9.17) is 10.8 Å². The summed E-state index contributed by atoms with van der Waals surface area (Å²) >= 11 is 0. The van der Waals surface area contributed by atoms with Crippen LogP contribution in [0.4, 0.5) is 4.79 Å². The highest BCUT2D eigenvalue weighted by Crippen LogP contribution is 1.91. The molecule has 0 bridgehead atoms. The van der Waals surface area contributed by atoms with Gasteiger partial charge < -0.3 is 26.8 Å². The quantitative estimate of drug-likeness (QED) is 0.326. The van der Waals surface area contributed by atoms with Crippen molar-refractivity contribution < 1.29 is 19.5 Å². The minimum atomic E-state index is -1.30. The Kier molecular flexibility index (Phi) is 8.29. The first-order valence-corrected chi connectivity index (χ1v) is 5.73. The Hall–Kier alpha value is -1.83. The normalized spacial score (nSPS) is 11.6. The van der Waals surface area contributed by atoms with E-state index in [0.717, 1.165) is 19.5 Å². The number of primary amides is 1. The summed E-state index contributed by atoms with van der Waals surface area (Å²) in [6, 6.07) is -1.92. The molecule has 8 nitrogen and oxygen atoms in total. The van der Waals surface area contributed by atoms with Crippen LogP contribution >= 0.6 is 0 Å². The zero-order valence-electron chi connectivity index (χ0n) is 10.4. The molecule has 0 unspecified atom stereocenters. The summed E-state index contributed by atoms with van der Waals surface area (Å²) in [6.07, 6.45) is 0.301. The standard InChI is InChI=1S/C10H20N4O4/c1-2-12-4-3-5-13-10(18)14-7(9(16)17)6-8(11)15/h7,12H,2-6H2,1H3,(H2,11,15)(H,16,17)(H2,13,14,18)/t7-/m0/s1. The number of hydrogen-bond donors (Lipinski definition) is 5. The molecule has 3 amide bonds. The Bertz CT molecular complexity index is 296. The third-order valence-corrected chi connectivity index (χ3v) is 2.07. The number of carbonyl (C=O) groups is 3. The summed E-state index contributed by atoms with van der Waals surface area (Å²) in [5.41, 5.74) is 4.88. The molecule has 0 aromatic heterocycles. The molecule has 0 spiro atoms. The van der Waals surface area contributed by atoms with Crippen molar-refractivity contribution in [1.82, 2.24) is 16.0 Å². The van der Waals surface area contributed by atoms with E-state index in [0.29, 0.717) is 6.54 Å². The number of carboxylic acids is 1. The Labute approximate surface area is 105 Å². The number of urea groups is 1. The smallest absolute Gasteiger partial charge is 0.326 e. The van der Waals surface area contributed by atoms with Gasteiger partial charge in [-0.1, -0.05) is 6.92 Å². The molecular formula is C10H20N4O4. The number of nitrogens with one attached hydrogen (secondary N) is 3. The SMILES string of the molecule is CCNCCCNC(=O)N[C@@H](CC(N)=O)C(=O)O. The van der Waals surface area contributed by atoms with Crippen LogP contribution in [0.15, 0.2) is 0 Å². The van der Waals surface area contributed by atoms with Crippen molar-refractivity contribution in [3.63, 3.8) is 0 Å². The fourth-order valence-corrected chi connectivity index (χ4v) is 1.20. The van der Waals surface area contributed by atoms with Gasteiger partial charge in [-0.2, -0.15) is 0 Å². The molecule has 0 aliphatic heterocycles. The molecule has 0 heterocycles. The average Bonchev–Trinajstić information content (AvgIpc) is 2.27. The molecule has 0 rings (SSSR count). The van der Waals surface area contributed by atoms with Gasteiger partial charge in [-0.15, -0.1) is 0 Å². The predicted molar refractivity (Wildman–Crippen MR) is 64.9 cm³/mol. The molecule has 18 heavy (non-hydrogen) atoms. The van der Waals surface area contributed by atoms with Crippen LogP contribution in [0.2, 0.25) is 0 Å². The number of aliphatic carboxylic acids is 1. The Morgan fingerprint density at radius 2 is 1.94 bits per heavy atom. The van der Waals surface area contributed by atoms with E-state index in [1.807, 2.05) is 6.92 Å². The minimum absolute atomic E-state index is 0.418. The van der Waals surface area contributed by atoms with Gasteiger partial charge in [0.05, 0.1) is 6.42 Å². The lowest BCUT2D eigenvalue weighted by molar-refractivity contribution is -0.140. The van der Waals surface area contributed by atoms with Crippen LogP contribution in [0.3, 0.4) is 0 Å². The number of carboxylic acid groups (broad SMARTS) is 1. The average molecular weight is 260 g/mol. The molecule has 0 saturated heterocycles. The summed E-state index contributed by atoms with van der Waals surface area (Å²) in [5.74, 6) is -2.08. The number of rotatable bonds is 9. The van der Waals surface area contributed by atoms with E-state index in [-0.39, 0.29) is 0 Å². The summed E-state index contributed by atoms with van der Waals surface area (Å²) in [7, 11) is 0. The maximum absolute atomic E-state index is 11.3. The van der Waals surface area contributed by atoms with Crippen LogP contribution in [-0.4, -0.2) is 48.7 Å². The van der Waals surface area contributed by atoms with Crippen molar-refractivity contribution in [2.75, 3.05) is 19.6 Å². The summed E-state index contributed by atoms with van der Waals surface area (Å²) in [5, 5.41) is 16.5. The van der Waals surface area contributed by atoms with Crippen LogP contribution in [0.1, 0.15) is 19.8 Å². The molecule has 0 aliphatic carbocycles. The van der Waals surface area contributed by atoms with Crippen molar-refractivity contribution in [1.29, 1.82) is 0 Å². The third kappa shape index (κ3) is 8.34. The lowest BCUT2D eigenvalue weighted by Gasteiger charge is -2.13. The monoisotopic (exact) mass is 260 g/mol. The number of carbonyl (C=O) groups excluding carboxylic acids is 2. The number of nitrogens with two attached hydrogens (primary N) is 1. The van der Waals surface area contributed by atoms with Gasteiger partial charge in [-0.3, -0.25) is 4.79 Å². The van der Waals surface area contributed by atoms with E-state index < -0.39 is 30.4 Å². The van der Waals surface area contributed by atoms with Gasteiger partial charge in [0.25, 0.3) is 0 Å². The van der Waals surface area contributed by atoms with Crippen molar-refractivity contribution in [2.45, 2.75) is 25.8 Å². The summed E-state index contributed by atoms with van der Waals surface area (Å²) in [6.45, 7) is 4.01. The molecule has 6 N–H and O–H groups in total. The largest absolute Gasteiger partial charge is 0.480 e. The van der Waals surface area contributed by atoms with Gasteiger partial charge in [0.1, 0.15) is 6.04 Å². The zero-order chi connectivity index (χ0) is 14.0. The van der Waals surface area contributed by atoms with Crippen LogP contribution in [0.5, 0.6) is 0 Å². The molecule has 1 atom stereocenters. The Balaban J connectivity index is 3.88. The lowest BCUT2D eigenvalue weighted by atomic mass is 10.2. The van der Waals surface area contributed by atoms with Crippen LogP contribution in [0, 0.1) is 0 Å². The highest BCUT2D eigenvalue weighted by atomic mass is 16.4. The fourth-order valence-electron chi connectivity index (χ4n) is 1.20. The molecule has 8 heteroatoms. The van der Waals surface area contributed by atoms with Gasteiger partial charge in [-0.25, -0.2) is 9.59 Å². The maximum Gasteiger partial charge on any atom is 0.326 e. The van der Waals surface area contributed by atoms with Crippen LogP contribution in [-0.2, 0) is 9.59 Å². The van der Waals surface area contributed by atoms with Gasteiger partial charge in [0, 0.05) is 6.54 Å². The predicted octanol–water partition coefficient (Wildman–Crippen LogP) is -1.39. The minimum Gasteiger partial charge on any atom is -0.480 e. The van der Waals surface area contributed by atoms with E-state index in [2.05, 4.69) is 16.0 Å². The summed E-state index contributed by atoms with van der Waals surface area (Å²) < 4.78 is 0. The second-order valence-corrected chi connectivity index (χ2v) is 3.67. The molecular weight excluding hydrogens is 240 g/mol. The Morgan fingerprint density at radius 3 is 2.44 bits per heavy atom. The van der Waals surface area contributed by atoms with E-state index in [9.17, 15) is 14.4 Å². The van der Waals surface area contributed by atoms with E-state index in [1.54, 1.807) is 0 Å². The number of hydrogen-bond acceptors (Lipinski definition) is 4. The van der Waals surface area contributed by atoms with E-state index in [1.165, 1.54) is 0 Å². The highest BCUT2D eigenvalue weighted by molar-refractivity contribution is 5.87. The molecule has 0 saturated carbocycles. The van der Waals surface area contributed by atoms with Gasteiger partial charge in [0.15, 0.2) is 0 Å². The second kappa shape index (κ2) is 9.23. The van der Waals surface area contributed by atoms with Crippen LogP contribution in [0.25, 0.3) is 0 Å². The van der Waals surface area contributed by atoms with E-state index >= 15 is 0 Å². The Morgan fingerprint density at radius 1 is 1.28 bits per heavy atom. The molecule has 0 radical (unpaired) electrons. The second-order valence-electron chi connectivity index (χ2n) is 3.67. The fraction of sp³-hybridized carbons (Fsp3) is 0.700. The van der Waals surface area contributed by atoms with Crippen molar-refractivity contribution in [2.24, 2.45) is 5.73 Å². The highest BCUT2D eigenvalue weighted by Gasteiger charge is 2.21. The van der Waals surface area contributed by atoms with Gasteiger partial charge in [0.2, 0.25) is 5.91 Å². The number of amides is 3. The molecule has 104 valence electrons. The molecule has 0 aromatic rings. The molecule has 0 fully saturated rings. The first kappa shape index (κ1) is 16.2. The first-order chi connectivity index (χ1) is 8.47. The molecule has 0 aliphatic rings. The molecule has 0 aromatic carbocycles. The maximum atomic E-state index is 11.3. The van der Waals surface area contributed by atoms with Crippen LogP contribution < -0.4 is 21.7 Å². The summed E-state index contributed by atoms with van der Waals surface area (Å²) in [4.78, 5) is 32.6. The van der Waals surface area contributed by atoms with Crippen molar-refractivity contribution in [3.05, 3.63) is 0 Å².